The number of hydrogen-bond donors (Lipinski definition) is 1. The molecule has 1 aliphatic carbocycles. The first-order chi connectivity index (χ1) is 14.0. The fourth-order valence-electron chi connectivity index (χ4n) is 3.68. The van der Waals surface area contributed by atoms with E-state index in [1.165, 1.54) is 11.8 Å². The van der Waals surface area contributed by atoms with Gasteiger partial charge in [0.05, 0.1) is 22.7 Å². The Morgan fingerprint density at radius 1 is 1.38 bits per heavy atom. The Kier molecular flexibility index (Phi) is 7.36. The number of nitriles is 1. The number of thioether (sulfide) groups is 1. The molecule has 1 saturated carbocycles. The summed E-state index contributed by atoms with van der Waals surface area (Å²) in [5.41, 5.74) is -0.196. The van der Waals surface area contributed by atoms with E-state index >= 15 is 0 Å². The summed E-state index contributed by atoms with van der Waals surface area (Å²) < 4.78 is 2.51. The zero-order valence-electron chi connectivity index (χ0n) is 16.5. The van der Waals surface area contributed by atoms with Crippen LogP contribution in [0.15, 0.2) is 32.6 Å². The van der Waals surface area contributed by atoms with Crippen molar-refractivity contribution in [2.45, 2.75) is 69.1 Å². The molecule has 3 rings (SSSR count). The molecule has 1 aliphatic rings. The number of carbonyl (C=O) groups excluding carboxylic acids is 1. The van der Waals surface area contributed by atoms with Gasteiger partial charge < -0.3 is 5.32 Å². The number of amides is 1. The van der Waals surface area contributed by atoms with Crippen LogP contribution in [0.3, 0.4) is 0 Å². The maximum atomic E-state index is 13.1. The molecule has 29 heavy (non-hydrogen) atoms. The van der Waals surface area contributed by atoms with Crippen molar-refractivity contribution in [2.75, 3.05) is 5.75 Å². The van der Waals surface area contributed by atoms with Crippen molar-refractivity contribution in [3.63, 3.8) is 0 Å². The van der Waals surface area contributed by atoms with Gasteiger partial charge in [0.25, 0.3) is 5.56 Å². The fraction of sp³-hybridized carbons (Fsp3) is 0.524. The number of fused-ring (bicyclic) bond motifs is 1. The lowest BCUT2D eigenvalue weighted by atomic mass is 10.0. The standard InChI is InChI=1S/C21H25BrN4O2S/c1-2-3-6-11-26-19(28)16-12-15(22)7-8-17(16)24-20(26)29-13-18(27)25-21(14-23)9-4-5-10-21/h7-8,12H,2-6,9-11,13H2,1H3,(H,25,27). The molecule has 1 aromatic heterocycles. The van der Waals surface area contributed by atoms with E-state index in [0.29, 0.717) is 35.4 Å². The second kappa shape index (κ2) is 9.77. The van der Waals surface area contributed by atoms with Crippen LogP contribution in [0.2, 0.25) is 0 Å². The Morgan fingerprint density at radius 2 is 2.14 bits per heavy atom. The lowest BCUT2D eigenvalue weighted by Crippen LogP contribution is -2.45. The van der Waals surface area contributed by atoms with Gasteiger partial charge in [-0.15, -0.1) is 0 Å². The molecule has 0 spiro atoms. The highest BCUT2D eigenvalue weighted by molar-refractivity contribution is 9.10. The average Bonchev–Trinajstić information content (AvgIpc) is 3.18. The smallest absolute Gasteiger partial charge is 0.262 e. The number of nitrogens with zero attached hydrogens (tertiary/aromatic N) is 3. The van der Waals surface area contributed by atoms with Crippen molar-refractivity contribution < 1.29 is 4.79 Å². The summed E-state index contributed by atoms with van der Waals surface area (Å²) in [6, 6.07) is 7.73. The van der Waals surface area contributed by atoms with Crippen LogP contribution in [-0.2, 0) is 11.3 Å². The van der Waals surface area contributed by atoms with Crippen LogP contribution in [0.5, 0.6) is 0 Å². The van der Waals surface area contributed by atoms with E-state index < -0.39 is 5.54 Å². The van der Waals surface area contributed by atoms with Crippen LogP contribution in [0.25, 0.3) is 10.9 Å². The van der Waals surface area contributed by atoms with Gasteiger partial charge in [0.2, 0.25) is 5.91 Å². The first kappa shape index (κ1) is 21.8. The Morgan fingerprint density at radius 3 is 2.83 bits per heavy atom. The highest BCUT2D eigenvalue weighted by Gasteiger charge is 2.35. The van der Waals surface area contributed by atoms with Crippen molar-refractivity contribution in [3.05, 3.63) is 33.0 Å². The number of rotatable bonds is 8. The average molecular weight is 477 g/mol. The third-order valence-corrected chi connectivity index (χ3v) is 6.72. The second-order valence-electron chi connectivity index (χ2n) is 7.46. The lowest BCUT2D eigenvalue weighted by Gasteiger charge is -2.22. The van der Waals surface area contributed by atoms with E-state index in [9.17, 15) is 14.9 Å². The highest BCUT2D eigenvalue weighted by Crippen LogP contribution is 2.29. The summed E-state index contributed by atoms with van der Waals surface area (Å²) in [7, 11) is 0. The van der Waals surface area contributed by atoms with Gasteiger partial charge in [-0.25, -0.2) is 4.98 Å². The van der Waals surface area contributed by atoms with Gasteiger partial charge >= 0.3 is 0 Å². The molecular weight excluding hydrogens is 452 g/mol. The van der Waals surface area contributed by atoms with E-state index in [0.717, 1.165) is 36.6 Å². The molecule has 0 unspecified atom stereocenters. The molecule has 8 heteroatoms. The third-order valence-electron chi connectivity index (χ3n) is 5.25. The van der Waals surface area contributed by atoms with Gasteiger partial charge in [-0.05, 0) is 50.3 Å². The SMILES string of the molecule is CCCCCn1c(SCC(=O)NC2(C#N)CCCC2)nc2ccc(Br)cc2c1=O. The summed E-state index contributed by atoms with van der Waals surface area (Å²) in [6.45, 7) is 2.70. The maximum Gasteiger partial charge on any atom is 0.262 e. The van der Waals surface area contributed by atoms with E-state index in [1.807, 2.05) is 12.1 Å². The predicted octanol–water partition coefficient (Wildman–Crippen LogP) is 4.39. The van der Waals surface area contributed by atoms with Crippen LogP contribution in [-0.4, -0.2) is 26.8 Å². The van der Waals surface area contributed by atoms with E-state index in [4.69, 9.17) is 0 Å². The van der Waals surface area contributed by atoms with Gasteiger partial charge in [-0.1, -0.05) is 47.5 Å². The predicted molar refractivity (Wildman–Crippen MR) is 119 cm³/mol. The Labute approximate surface area is 183 Å². The Balaban J connectivity index is 1.82. The summed E-state index contributed by atoms with van der Waals surface area (Å²) in [5.74, 6) is -0.0604. The quantitative estimate of drug-likeness (QED) is 0.346. The van der Waals surface area contributed by atoms with Crippen LogP contribution < -0.4 is 10.9 Å². The molecule has 1 heterocycles. The maximum absolute atomic E-state index is 13.1. The largest absolute Gasteiger partial charge is 0.337 e. The first-order valence-electron chi connectivity index (χ1n) is 10.0. The first-order valence-corrected chi connectivity index (χ1v) is 11.8. The van der Waals surface area contributed by atoms with E-state index in [-0.39, 0.29) is 17.2 Å². The zero-order chi connectivity index (χ0) is 20.9. The summed E-state index contributed by atoms with van der Waals surface area (Å²) in [5, 5.41) is 13.5. The van der Waals surface area contributed by atoms with Crippen LogP contribution in [0, 0.1) is 11.3 Å². The van der Waals surface area contributed by atoms with Crippen LogP contribution >= 0.6 is 27.7 Å². The number of unbranched alkanes of at least 4 members (excludes halogenated alkanes) is 2. The molecule has 1 aromatic carbocycles. The summed E-state index contributed by atoms with van der Waals surface area (Å²) >= 11 is 4.67. The Hall–Kier alpha value is -1.85. The number of halogens is 1. The lowest BCUT2D eigenvalue weighted by molar-refractivity contribution is -0.119. The number of benzene rings is 1. The van der Waals surface area contributed by atoms with Gasteiger partial charge in [-0.3, -0.25) is 14.2 Å². The minimum Gasteiger partial charge on any atom is -0.337 e. The normalized spacial score (nSPS) is 15.3. The van der Waals surface area contributed by atoms with Gasteiger partial charge in [0, 0.05) is 11.0 Å². The molecule has 0 aliphatic heterocycles. The third kappa shape index (κ3) is 5.20. The van der Waals surface area contributed by atoms with E-state index in [1.54, 1.807) is 10.6 Å². The van der Waals surface area contributed by atoms with Crippen molar-refractivity contribution in [1.82, 2.24) is 14.9 Å². The van der Waals surface area contributed by atoms with Crippen LogP contribution in [0.4, 0.5) is 0 Å². The number of nitrogens with one attached hydrogen (secondary N) is 1. The molecule has 1 amide bonds. The molecule has 0 bridgehead atoms. The molecule has 2 aromatic rings. The van der Waals surface area contributed by atoms with Gasteiger partial charge in [-0.2, -0.15) is 5.26 Å². The fourth-order valence-corrected chi connectivity index (χ4v) is 4.86. The molecular formula is C21H25BrN4O2S. The number of carbonyl (C=O) groups is 1. The van der Waals surface area contributed by atoms with Crippen molar-refractivity contribution >= 4 is 44.5 Å². The molecule has 0 saturated heterocycles. The molecule has 6 nitrogen and oxygen atoms in total. The molecule has 154 valence electrons. The number of aromatic nitrogens is 2. The molecule has 0 radical (unpaired) electrons. The van der Waals surface area contributed by atoms with Crippen LogP contribution in [0.1, 0.15) is 51.9 Å². The minimum absolute atomic E-state index is 0.0837. The van der Waals surface area contributed by atoms with Crippen molar-refractivity contribution in [2.24, 2.45) is 0 Å². The topological polar surface area (TPSA) is 87.8 Å². The van der Waals surface area contributed by atoms with Gasteiger partial charge in [0.1, 0.15) is 5.54 Å². The van der Waals surface area contributed by atoms with Gasteiger partial charge in [0.15, 0.2) is 5.16 Å². The Bertz CT molecular complexity index is 993. The molecule has 0 atom stereocenters. The molecule has 1 fully saturated rings. The van der Waals surface area contributed by atoms with E-state index in [2.05, 4.69) is 39.2 Å². The van der Waals surface area contributed by atoms with Crippen molar-refractivity contribution in [3.8, 4) is 6.07 Å². The number of hydrogen-bond acceptors (Lipinski definition) is 5. The second-order valence-corrected chi connectivity index (χ2v) is 9.32. The summed E-state index contributed by atoms with van der Waals surface area (Å²) in [4.78, 5) is 30.2. The minimum atomic E-state index is -0.735. The monoisotopic (exact) mass is 476 g/mol. The van der Waals surface area contributed by atoms with Crippen molar-refractivity contribution in [1.29, 1.82) is 5.26 Å². The zero-order valence-corrected chi connectivity index (χ0v) is 18.9. The molecule has 1 N–H and O–H groups in total. The summed E-state index contributed by atoms with van der Waals surface area (Å²) in [6.07, 6.45) is 6.28. The highest BCUT2D eigenvalue weighted by atomic mass is 79.9.